The summed E-state index contributed by atoms with van der Waals surface area (Å²) in [6.45, 7) is 6.21. The predicted octanol–water partition coefficient (Wildman–Crippen LogP) is 5.13. The number of hydrogen-bond acceptors (Lipinski definition) is 3. The Morgan fingerprint density at radius 1 is 1.37 bits per heavy atom. The second-order valence-electron chi connectivity index (χ2n) is 8.25. The molecule has 1 aliphatic carbocycles. The fraction of sp³-hybridized carbons (Fsp3) is 0.500. The molecule has 1 aromatic rings. The van der Waals surface area contributed by atoms with E-state index in [4.69, 9.17) is 4.74 Å². The smallest absolute Gasteiger partial charge is 0.410 e. The minimum absolute atomic E-state index is 0.0570. The van der Waals surface area contributed by atoms with Gasteiger partial charge in [0, 0.05) is 35.8 Å². The van der Waals surface area contributed by atoms with E-state index in [1.54, 1.807) is 13.8 Å². The van der Waals surface area contributed by atoms with E-state index in [9.17, 15) is 9.90 Å². The number of nitrogens with zero attached hydrogens (tertiary/aromatic N) is 1. The van der Waals surface area contributed by atoms with Crippen LogP contribution in [0.2, 0.25) is 0 Å². The van der Waals surface area contributed by atoms with E-state index >= 15 is 0 Å². The quantitative estimate of drug-likeness (QED) is 0.699. The largest absolute Gasteiger partial charge is 0.438 e. The lowest BCUT2D eigenvalue weighted by Crippen LogP contribution is -2.54. The van der Waals surface area contributed by atoms with Crippen LogP contribution < -0.4 is 0 Å². The summed E-state index contributed by atoms with van der Waals surface area (Å²) < 4.78 is 7.14. The highest BCUT2D eigenvalue weighted by Gasteiger charge is 2.46. The zero-order valence-electron chi connectivity index (χ0n) is 16.2. The lowest BCUT2D eigenvalue weighted by molar-refractivity contribution is -0.102. The van der Waals surface area contributed by atoms with Crippen molar-refractivity contribution >= 4 is 22.0 Å². The number of cyclic esters (lactones) is 1. The van der Waals surface area contributed by atoms with Crippen LogP contribution in [0.4, 0.5) is 4.79 Å². The van der Waals surface area contributed by atoms with Gasteiger partial charge in [0.25, 0.3) is 0 Å². The lowest BCUT2D eigenvalue weighted by atomic mass is 9.80. The molecule has 1 fully saturated rings. The monoisotopic (exact) mass is 433 g/mol. The average Bonchev–Trinajstić information content (AvgIpc) is 2.61. The maximum Gasteiger partial charge on any atom is 0.410 e. The van der Waals surface area contributed by atoms with Gasteiger partial charge in [-0.2, -0.15) is 0 Å². The Hall–Kier alpha value is -1.59. The van der Waals surface area contributed by atoms with E-state index in [2.05, 4.69) is 35.0 Å². The number of ether oxygens (including phenoxy) is 1. The first-order valence-corrected chi connectivity index (χ1v) is 10.3. The van der Waals surface area contributed by atoms with Crippen LogP contribution in [-0.2, 0) is 10.3 Å². The number of amides is 1. The number of benzene rings is 1. The van der Waals surface area contributed by atoms with Crippen LogP contribution in [-0.4, -0.2) is 34.3 Å². The number of hydrogen-bond donors (Lipinski definition) is 1. The summed E-state index contributed by atoms with van der Waals surface area (Å²) in [6, 6.07) is 9.85. The Labute approximate surface area is 170 Å². The van der Waals surface area contributed by atoms with Gasteiger partial charge in [-0.05, 0) is 32.8 Å². The molecule has 1 N–H and O–H groups in total. The SMILES string of the molecule is C[C@@H](C1C=CC(Br)=CC1)N1CC[C@](CC(C)(C)O)(c2ccccc2)OC1=O. The minimum Gasteiger partial charge on any atom is -0.438 e. The molecule has 1 aromatic carbocycles. The van der Waals surface area contributed by atoms with Gasteiger partial charge < -0.3 is 14.7 Å². The van der Waals surface area contributed by atoms with Gasteiger partial charge in [-0.1, -0.05) is 64.5 Å². The number of rotatable bonds is 5. The van der Waals surface area contributed by atoms with E-state index < -0.39 is 11.2 Å². The summed E-state index contributed by atoms with van der Waals surface area (Å²) in [5, 5.41) is 10.5. The maximum atomic E-state index is 13.0. The van der Waals surface area contributed by atoms with E-state index in [0.29, 0.717) is 19.4 Å². The highest BCUT2D eigenvalue weighted by Crippen LogP contribution is 2.41. The normalized spacial score (nSPS) is 27.1. The Morgan fingerprint density at radius 2 is 2.07 bits per heavy atom. The molecule has 4 nitrogen and oxygen atoms in total. The third-order valence-electron chi connectivity index (χ3n) is 5.49. The first-order chi connectivity index (χ1) is 12.7. The van der Waals surface area contributed by atoms with Crippen LogP contribution in [0.25, 0.3) is 0 Å². The van der Waals surface area contributed by atoms with Crippen molar-refractivity contribution in [2.45, 2.75) is 57.3 Å². The van der Waals surface area contributed by atoms with Crippen molar-refractivity contribution in [1.29, 1.82) is 0 Å². The van der Waals surface area contributed by atoms with Crippen LogP contribution in [0.3, 0.4) is 0 Å². The second kappa shape index (κ2) is 7.80. The summed E-state index contributed by atoms with van der Waals surface area (Å²) in [7, 11) is 0. The van der Waals surface area contributed by atoms with Gasteiger partial charge in [0.05, 0.1) is 5.60 Å². The van der Waals surface area contributed by atoms with Gasteiger partial charge in [0.15, 0.2) is 0 Å². The van der Waals surface area contributed by atoms with Gasteiger partial charge in [-0.25, -0.2) is 4.79 Å². The number of carbonyl (C=O) groups excluding carboxylic acids is 1. The standard InChI is InChI=1S/C22H28BrNO3/c1-16(17-9-11-19(23)12-10-17)24-14-13-22(27-20(24)25,15-21(2,3)26)18-7-5-4-6-8-18/h4-9,11-12,16-17,26H,10,13-15H2,1-3H3/t16-,17?,22-/m0/s1. The molecule has 5 heteroatoms. The molecule has 27 heavy (non-hydrogen) atoms. The Morgan fingerprint density at radius 3 is 2.63 bits per heavy atom. The van der Waals surface area contributed by atoms with Gasteiger partial charge in [0.1, 0.15) is 5.60 Å². The van der Waals surface area contributed by atoms with Crippen molar-refractivity contribution in [3.05, 3.63) is 58.6 Å². The van der Waals surface area contributed by atoms with Crippen LogP contribution >= 0.6 is 15.9 Å². The minimum atomic E-state index is -0.937. The van der Waals surface area contributed by atoms with Crippen LogP contribution in [0.5, 0.6) is 0 Å². The molecule has 1 amide bonds. The fourth-order valence-electron chi connectivity index (χ4n) is 4.11. The number of carbonyl (C=O) groups is 1. The molecular formula is C22H28BrNO3. The molecule has 2 aliphatic rings. The Kier molecular flexibility index (Phi) is 5.82. The maximum absolute atomic E-state index is 13.0. The Balaban J connectivity index is 1.80. The molecule has 3 atom stereocenters. The zero-order valence-corrected chi connectivity index (χ0v) is 17.8. The number of aliphatic hydroxyl groups is 1. The highest BCUT2D eigenvalue weighted by atomic mass is 79.9. The molecule has 3 rings (SSSR count). The van der Waals surface area contributed by atoms with E-state index in [0.717, 1.165) is 16.5 Å². The number of allylic oxidation sites excluding steroid dienone is 3. The van der Waals surface area contributed by atoms with Crippen molar-refractivity contribution in [1.82, 2.24) is 4.90 Å². The molecule has 0 aromatic heterocycles. The lowest BCUT2D eigenvalue weighted by Gasteiger charge is -2.46. The van der Waals surface area contributed by atoms with Gasteiger partial charge in [-0.3, -0.25) is 0 Å². The molecule has 0 radical (unpaired) electrons. The van der Waals surface area contributed by atoms with Crippen molar-refractivity contribution in [3.63, 3.8) is 0 Å². The first-order valence-electron chi connectivity index (χ1n) is 9.52. The van der Waals surface area contributed by atoms with Crippen LogP contribution in [0.15, 0.2) is 53.0 Å². The van der Waals surface area contributed by atoms with E-state index in [1.165, 1.54) is 0 Å². The average molecular weight is 434 g/mol. The van der Waals surface area contributed by atoms with Gasteiger partial charge >= 0.3 is 6.09 Å². The molecular weight excluding hydrogens is 406 g/mol. The predicted molar refractivity (Wildman–Crippen MR) is 111 cm³/mol. The van der Waals surface area contributed by atoms with Crippen molar-refractivity contribution in [2.75, 3.05) is 6.54 Å². The van der Waals surface area contributed by atoms with Crippen molar-refractivity contribution < 1.29 is 14.6 Å². The molecule has 1 aliphatic heterocycles. The van der Waals surface area contributed by atoms with Crippen LogP contribution in [0.1, 0.15) is 45.6 Å². The van der Waals surface area contributed by atoms with E-state index in [1.807, 2.05) is 41.3 Å². The molecule has 0 bridgehead atoms. The second-order valence-corrected chi connectivity index (χ2v) is 9.16. The molecule has 1 unspecified atom stereocenters. The van der Waals surface area contributed by atoms with Gasteiger partial charge in [-0.15, -0.1) is 0 Å². The van der Waals surface area contributed by atoms with Crippen molar-refractivity contribution in [3.8, 4) is 0 Å². The zero-order chi connectivity index (χ0) is 19.7. The molecule has 1 saturated heterocycles. The molecule has 1 heterocycles. The number of halogens is 1. The van der Waals surface area contributed by atoms with E-state index in [-0.39, 0.29) is 18.1 Å². The summed E-state index contributed by atoms with van der Waals surface area (Å²) in [4.78, 5) is 14.8. The summed E-state index contributed by atoms with van der Waals surface area (Å²) >= 11 is 3.49. The van der Waals surface area contributed by atoms with Gasteiger partial charge in [0.2, 0.25) is 0 Å². The molecule has 146 valence electrons. The van der Waals surface area contributed by atoms with Crippen LogP contribution in [0, 0.1) is 5.92 Å². The highest BCUT2D eigenvalue weighted by molar-refractivity contribution is 9.11. The topological polar surface area (TPSA) is 49.8 Å². The summed E-state index contributed by atoms with van der Waals surface area (Å²) in [5.41, 5.74) is -0.789. The fourth-order valence-corrected chi connectivity index (χ4v) is 4.45. The first kappa shape index (κ1) is 20.2. The van der Waals surface area contributed by atoms with Crippen molar-refractivity contribution in [2.24, 2.45) is 5.92 Å². The molecule has 0 saturated carbocycles. The molecule has 0 spiro atoms. The third kappa shape index (κ3) is 4.64. The summed E-state index contributed by atoms with van der Waals surface area (Å²) in [6.07, 6.45) is 7.96. The summed E-state index contributed by atoms with van der Waals surface area (Å²) in [5.74, 6) is 0.275. The third-order valence-corrected chi connectivity index (χ3v) is 6.08. The Bertz CT molecular complexity index is 738.